The highest BCUT2D eigenvalue weighted by atomic mass is 35.5. The highest BCUT2D eigenvalue weighted by molar-refractivity contribution is 6.33. The van der Waals surface area contributed by atoms with Crippen LogP contribution in [0.1, 0.15) is 5.56 Å². The SMILES string of the molecule is CN(C)c1cccc(OCc2ccc(Cl)c(N)c2)c1. The minimum absolute atomic E-state index is 0.470. The maximum Gasteiger partial charge on any atom is 0.121 e. The number of rotatable bonds is 4. The molecule has 2 aromatic carbocycles. The Balaban J connectivity index is 2.05. The Kier molecular flexibility index (Phi) is 4.17. The topological polar surface area (TPSA) is 38.5 Å². The van der Waals surface area contributed by atoms with Crippen LogP contribution >= 0.6 is 11.6 Å². The summed E-state index contributed by atoms with van der Waals surface area (Å²) in [6, 6.07) is 13.5. The van der Waals surface area contributed by atoms with Crippen LogP contribution in [0.15, 0.2) is 42.5 Å². The van der Waals surface area contributed by atoms with Gasteiger partial charge in [0.2, 0.25) is 0 Å². The van der Waals surface area contributed by atoms with Crippen LogP contribution in [0.4, 0.5) is 11.4 Å². The molecule has 2 N–H and O–H groups in total. The van der Waals surface area contributed by atoms with Crippen LogP contribution in [-0.4, -0.2) is 14.1 Å². The van der Waals surface area contributed by atoms with Crippen LogP contribution < -0.4 is 15.4 Å². The molecular weight excluding hydrogens is 260 g/mol. The first kappa shape index (κ1) is 13.6. The molecule has 0 unspecified atom stereocenters. The Bertz CT molecular complexity index is 570. The van der Waals surface area contributed by atoms with Gasteiger partial charge < -0.3 is 15.4 Å². The van der Waals surface area contributed by atoms with Crippen LogP contribution in [0.2, 0.25) is 5.02 Å². The Labute approximate surface area is 118 Å². The number of nitrogen functional groups attached to an aromatic ring is 1. The van der Waals surface area contributed by atoms with E-state index in [4.69, 9.17) is 22.1 Å². The summed E-state index contributed by atoms with van der Waals surface area (Å²) in [5.74, 6) is 0.833. The first-order valence-electron chi connectivity index (χ1n) is 6.00. The Morgan fingerprint density at radius 1 is 1.16 bits per heavy atom. The van der Waals surface area contributed by atoms with Gasteiger partial charge in [0, 0.05) is 25.8 Å². The number of hydrogen-bond donors (Lipinski definition) is 1. The zero-order valence-electron chi connectivity index (χ0n) is 11.1. The van der Waals surface area contributed by atoms with Crippen LogP contribution in [-0.2, 0) is 6.61 Å². The zero-order chi connectivity index (χ0) is 13.8. The van der Waals surface area contributed by atoms with Crippen molar-refractivity contribution in [3.63, 3.8) is 0 Å². The van der Waals surface area contributed by atoms with E-state index >= 15 is 0 Å². The molecular formula is C15H17ClN2O. The summed E-state index contributed by atoms with van der Waals surface area (Å²) < 4.78 is 5.75. The predicted octanol–water partition coefficient (Wildman–Crippen LogP) is 3.57. The van der Waals surface area contributed by atoms with Gasteiger partial charge in [0.05, 0.1) is 10.7 Å². The highest BCUT2D eigenvalue weighted by Crippen LogP contribution is 2.22. The quantitative estimate of drug-likeness (QED) is 0.868. The van der Waals surface area contributed by atoms with E-state index in [2.05, 4.69) is 0 Å². The van der Waals surface area contributed by atoms with Gasteiger partial charge in [0.25, 0.3) is 0 Å². The van der Waals surface area contributed by atoms with Crippen molar-refractivity contribution in [2.45, 2.75) is 6.61 Å². The third-order valence-corrected chi connectivity index (χ3v) is 3.14. The number of anilines is 2. The van der Waals surface area contributed by atoms with Crippen molar-refractivity contribution >= 4 is 23.0 Å². The molecule has 0 bridgehead atoms. The summed E-state index contributed by atoms with van der Waals surface area (Å²) in [5, 5.41) is 0.568. The average molecular weight is 277 g/mol. The van der Waals surface area contributed by atoms with Gasteiger partial charge in [-0.2, -0.15) is 0 Å². The molecule has 100 valence electrons. The Morgan fingerprint density at radius 2 is 1.95 bits per heavy atom. The van der Waals surface area contributed by atoms with Crippen LogP contribution in [0.3, 0.4) is 0 Å². The van der Waals surface area contributed by atoms with Gasteiger partial charge in [-0.25, -0.2) is 0 Å². The molecule has 2 aromatic rings. The van der Waals surface area contributed by atoms with Crippen molar-refractivity contribution in [3.8, 4) is 5.75 Å². The normalized spacial score (nSPS) is 10.3. The predicted molar refractivity (Wildman–Crippen MR) is 81.0 cm³/mol. The van der Waals surface area contributed by atoms with E-state index < -0.39 is 0 Å². The molecule has 0 saturated heterocycles. The van der Waals surface area contributed by atoms with Gasteiger partial charge in [-0.05, 0) is 29.8 Å². The van der Waals surface area contributed by atoms with Crippen LogP contribution in [0.25, 0.3) is 0 Å². The molecule has 0 atom stereocenters. The van der Waals surface area contributed by atoms with Gasteiger partial charge in [0.15, 0.2) is 0 Å². The van der Waals surface area contributed by atoms with Crippen molar-refractivity contribution in [3.05, 3.63) is 53.1 Å². The summed E-state index contributed by atoms with van der Waals surface area (Å²) in [5.41, 5.74) is 8.44. The van der Waals surface area contributed by atoms with E-state index in [-0.39, 0.29) is 0 Å². The molecule has 0 aliphatic carbocycles. The maximum absolute atomic E-state index is 5.88. The van der Waals surface area contributed by atoms with Crippen molar-refractivity contribution in [1.82, 2.24) is 0 Å². The molecule has 0 fully saturated rings. The molecule has 4 heteroatoms. The molecule has 0 radical (unpaired) electrons. The first-order valence-corrected chi connectivity index (χ1v) is 6.38. The molecule has 0 amide bonds. The third-order valence-electron chi connectivity index (χ3n) is 2.80. The standard InChI is InChI=1S/C15H17ClN2O/c1-18(2)12-4-3-5-13(9-12)19-10-11-6-7-14(16)15(17)8-11/h3-9H,10,17H2,1-2H3. The number of halogens is 1. The van der Waals surface area contributed by atoms with Crippen LogP contribution in [0.5, 0.6) is 5.75 Å². The smallest absolute Gasteiger partial charge is 0.121 e. The average Bonchev–Trinajstić information content (AvgIpc) is 2.40. The maximum atomic E-state index is 5.88. The van der Waals surface area contributed by atoms with Crippen LogP contribution in [0, 0.1) is 0 Å². The van der Waals surface area contributed by atoms with Gasteiger partial charge in [-0.1, -0.05) is 23.7 Å². The second-order valence-corrected chi connectivity index (χ2v) is 4.94. The van der Waals surface area contributed by atoms with Crippen molar-refractivity contribution in [2.75, 3.05) is 24.7 Å². The van der Waals surface area contributed by atoms with Crippen molar-refractivity contribution in [1.29, 1.82) is 0 Å². The first-order chi connectivity index (χ1) is 9.06. The number of nitrogens with two attached hydrogens (primary N) is 1. The second-order valence-electron chi connectivity index (χ2n) is 4.54. The van der Waals surface area contributed by atoms with E-state index in [1.807, 2.05) is 55.4 Å². The fourth-order valence-electron chi connectivity index (χ4n) is 1.70. The molecule has 0 heterocycles. The molecule has 0 saturated carbocycles. The molecule has 0 aliphatic rings. The van der Waals surface area contributed by atoms with Gasteiger partial charge in [0.1, 0.15) is 12.4 Å². The summed E-state index contributed by atoms with van der Waals surface area (Å²) in [7, 11) is 4.00. The highest BCUT2D eigenvalue weighted by Gasteiger charge is 2.01. The monoisotopic (exact) mass is 276 g/mol. The third kappa shape index (κ3) is 3.55. The van der Waals surface area contributed by atoms with Gasteiger partial charge in [-0.3, -0.25) is 0 Å². The number of hydrogen-bond acceptors (Lipinski definition) is 3. The van der Waals surface area contributed by atoms with Gasteiger partial charge in [-0.15, -0.1) is 0 Å². The van der Waals surface area contributed by atoms with Crippen molar-refractivity contribution in [2.24, 2.45) is 0 Å². The molecule has 19 heavy (non-hydrogen) atoms. The van der Waals surface area contributed by atoms with E-state index in [1.54, 1.807) is 6.07 Å². The summed E-state index contributed by atoms with van der Waals surface area (Å²) in [4.78, 5) is 2.03. The van der Waals surface area contributed by atoms with E-state index in [1.165, 1.54) is 0 Å². The minimum Gasteiger partial charge on any atom is -0.489 e. The molecule has 3 nitrogen and oxygen atoms in total. The lowest BCUT2D eigenvalue weighted by molar-refractivity contribution is 0.306. The molecule has 0 spiro atoms. The van der Waals surface area contributed by atoms with E-state index in [0.29, 0.717) is 17.3 Å². The second kappa shape index (κ2) is 5.85. The molecule has 2 rings (SSSR count). The van der Waals surface area contributed by atoms with Crippen molar-refractivity contribution < 1.29 is 4.74 Å². The lowest BCUT2D eigenvalue weighted by Gasteiger charge is -2.14. The Morgan fingerprint density at radius 3 is 2.63 bits per heavy atom. The number of benzene rings is 2. The summed E-state index contributed by atoms with van der Waals surface area (Å²) >= 11 is 5.88. The van der Waals surface area contributed by atoms with E-state index in [0.717, 1.165) is 17.0 Å². The fourth-order valence-corrected chi connectivity index (χ4v) is 1.82. The number of ether oxygens (including phenoxy) is 1. The fraction of sp³-hybridized carbons (Fsp3) is 0.200. The van der Waals surface area contributed by atoms with E-state index in [9.17, 15) is 0 Å². The zero-order valence-corrected chi connectivity index (χ0v) is 11.8. The largest absolute Gasteiger partial charge is 0.489 e. The Hall–Kier alpha value is -1.87. The lowest BCUT2D eigenvalue weighted by Crippen LogP contribution is -2.08. The van der Waals surface area contributed by atoms with Gasteiger partial charge >= 0.3 is 0 Å². The number of nitrogens with zero attached hydrogens (tertiary/aromatic N) is 1. The molecule has 0 aromatic heterocycles. The summed E-state index contributed by atoms with van der Waals surface area (Å²) in [6.07, 6.45) is 0. The summed E-state index contributed by atoms with van der Waals surface area (Å²) in [6.45, 7) is 0.470. The lowest BCUT2D eigenvalue weighted by atomic mass is 10.2. The minimum atomic E-state index is 0.470. The molecule has 0 aliphatic heterocycles.